The Bertz CT molecular complexity index is 431. The summed E-state index contributed by atoms with van der Waals surface area (Å²) in [6.07, 6.45) is 5.08. The van der Waals surface area contributed by atoms with Crippen molar-refractivity contribution < 1.29 is 23.8 Å². The fourth-order valence-electron chi connectivity index (χ4n) is 2.96. The van der Waals surface area contributed by atoms with Crippen LogP contribution in [0.4, 0.5) is 0 Å². The van der Waals surface area contributed by atoms with E-state index in [1.807, 2.05) is 19.1 Å². The van der Waals surface area contributed by atoms with E-state index in [1.54, 1.807) is 0 Å². The SMILES string of the molecule is C[C@@H]1[C@@H](C)[C@H](C)O[C@@H]2COC(=O)CC/C=C/CCC(=O)O[C@@H]12. The van der Waals surface area contributed by atoms with E-state index in [2.05, 4.69) is 13.8 Å². The number of rotatable bonds is 0. The molecule has 0 spiro atoms. The second-order valence-corrected chi connectivity index (χ2v) is 6.28. The van der Waals surface area contributed by atoms with Crippen LogP contribution < -0.4 is 0 Å². The largest absolute Gasteiger partial charge is 0.463 e. The zero-order valence-corrected chi connectivity index (χ0v) is 13.6. The highest BCUT2D eigenvalue weighted by Gasteiger charge is 2.42. The molecule has 1 fully saturated rings. The lowest BCUT2D eigenvalue weighted by Crippen LogP contribution is -2.52. The Morgan fingerprint density at radius 1 is 0.955 bits per heavy atom. The van der Waals surface area contributed by atoms with Gasteiger partial charge in [0.25, 0.3) is 0 Å². The Morgan fingerprint density at radius 2 is 1.59 bits per heavy atom. The molecule has 0 amide bonds. The van der Waals surface area contributed by atoms with Crippen molar-refractivity contribution in [3.05, 3.63) is 12.2 Å². The van der Waals surface area contributed by atoms with Crippen molar-refractivity contribution in [3.63, 3.8) is 0 Å². The predicted octanol–water partition coefficient (Wildman–Crippen LogP) is 2.63. The van der Waals surface area contributed by atoms with E-state index < -0.39 is 0 Å². The number of ether oxygens (including phenoxy) is 3. The molecule has 0 aromatic heterocycles. The highest BCUT2D eigenvalue weighted by molar-refractivity contribution is 5.70. The van der Waals surface area contributed by atoms with Crippen molar-refractivity contribution in [3.8, 4) is 0 Å². The smallest absolute Gasteiger partial charge is 0.306 e. The molecule has 5 heteroatoms. The van der Waals surface area contributed by atoms with Crippen molar-refractivity contribution in [1.29, 1.82) is 0 Å². The second-order valence-electron chi connectivity index (χ2n) is 6.28. The first-order valence-corrected chi connectivity index (χ1v) is 8.14. The molecule has 5 atom stereocenters. The first kappa shape index (κ1) is 17.0. The molecule has 0 radical (unpaired) electrons. The van der Waals surface area contributed by atoms with Gasteiger partial charge in [-0.05, 0) is 25.7 Å². The normalized spacial score (nSPS) is 39.3. The number of cyclic esters (lactones) is 1. The summed E-state index contributed by atoms with van der Waals surface area (Å²) >= 11 is 0. The molecule has 2 heterocycles. The van der Waals surface area contributed by atoms with Gasteiger partial charge >= 0.3 is 11.9 Å². The van der Waals surface area contributed by atoms with E-state index in [-0.39, 0.29) is 48.7 Å². The van der Waals surface area contributed by atoms with Crippen molar-refractivity contribution in [2.45, 2.75) is 64.8 Å². The van der Waals surface area contributed by atoms with Crippen molar-refractivity contribution in [2.24, 2.45) is 11.8 Å². The Labute approximate surface area is 132 Å². The zero-order chi connectivity index (χ0) is 16.1. The molecule has 5 nitrogen and oxygen atoms in total. The summed E-state index contributed by atoms with van der Waals surface area (Å²) in [5, 5.41) is 0. The Kier molecular flexibility index (Phi) is 6.00. The van der Waals surface area contributed by atoms with Gasteiger partial charge in [-0.2, -0.15) is 0 Å². The molecule has 0 unspecified atom stereocenters. The van der Waals surface area contributed by atoms with Crippen LogP contribution >= 0.6 is 0 Å². The van der Waals surface area contributed by atoms with Gasteiger partial charge in [-0.15, -0.1) is 0 Å². The molecule has 0 aromatic carbocycles. The molecule has 2 aliphatic heterocycles. The lowest BCUT2D eigenvalue weighted by Gasteiger charge is -2.42. The Hall–Kier alpha value is -1.36. The Balaban J connectivity index is 2.12. The monoisotopic (exact) mass is 310 g/mol. The van der Waals surface area contributed by atoms with Crippen LogP contribution in [0.15, 0.2) is 12.2 Å². The molecule has 0 saturated carbocycles. The van der Waals surface area contributed by atoms with Gasteiger partial charge in [0, 0.05) is 18.8 Å². The molecule has 1 saturated heterocycles. The van der Waals surface area contributed by atoms with Crippen LogP contribution in [0.5, 0.6) is 0 Å². The van der Waals surface area contributed by atoms with Gasteiger partial charge in [0.05, 0.1) is 6.10 Å². The highest BCUT2D eigenvalue weighted by Crippen LogP contribution is 2.33. The molecular weight excluding hydrogens is 284 g/mol. The average Bonchev–Trinajstić information content (AvgIpc) is 2.50. The van der Waals surface area contributed by atoms with E-state index in [1.165, 1.54) is 0 Å². The van der Waals surface area contributed by atoms with Gasteiger partial charge in [-0.1, -0.05) is 26.0 Å². The van der Waals surface area contributed by atoms with Crippen molar-refractivity contribution in [1.82, 2.24) is 0 Å². The maximum Gasteiger partial charge on any atom is 0.306 e. The van der Waals surface area contributed by atoms with E-state index in [0.717, 1.165) is 0 Å². The van der Waals surface area contributed by atoms with Gasteiger partial charge < -0.3 is 14.2 Å². The summed E-state index contributed by atoms with van der Waals surface area (Å²) in [5.74, 6) is -0.0173. The zero-order valence-electron chi connectivity index (χ0n) is 13.6. The minimum absolute atomic E-state index is 0.0472. The van der Waals surface area contributed by atoms with Gasteiger partial charge in [0.1, 0.15) is 18.8 Å². The lowest BCUT2D eigenvalue weighted by atomic mass is 9.82. The summed E-state index contributed by atoms with van der Waals surface area (Å²) in [7, 11) is 0. The van der Waals surface area contributed by atoms with E-state index >= 15 is 0 Å². The quantitative estimate of drug-likeness (QED) is 0.508. The predicted molar refractivity (Wildman–Crippen MR) is 81.1 cm³/mol. The average molecular weight is 310 g/mol. The van der Waals surface area contributed by atoms with Crippen LogP contribution in [0.25, 0.3) is 0 Å². The van der Waals surface area contributed by atoms with E-state index in [9.17, 15) is 9.59 Å². The number of carbonyl (C=O) groups is 2. The summed E-state index contributed by atoms with van der Waals surface area (Å²) < 4.78 is 16.9. The maximum atomic E-state index is 12.0. The summed E-state index contributed by atoms with van der Waals surface area (Å²) in [6, 6.07) is 0. The number of fused-ring (bicyclic) bond motifs is 1. The minimum atomic E-state index is -0.386. The van der Waals surface area contributed by atoms with Crippen LogP contribution in [0, 0.1) is 11.8 Å². The first-order chi connectivity index (χ1) is 10.5. The van der Waals surface area contributed by atoms with Crippen LogP contribution in [0.2, 0.25) is 0 Å². The Morgan fingerprint density at radius 3 is 2.27 bits per heavy atom. The number of allylic oxidation sites excluding steroid dienone is 2. The topological polar surface area (TPSA) is 61.8 Å². The number of carbonyl (C=O) groups excluding carboxylic acids is 2. The minimum Gasteiger partial charge on any atom is -0.463 e. The highest BCUT2D eigenvalue weighted by atomic mass is 16.6. The molecule has 22 heavy (non-hydrogen) atoms. The summed E-state index contributed by atoms with van der Waals surface area (Å²) in [4.78, 5) is 23.8. The van der Waals surface area contributed by atoms with Crippen molar-refractivity contribution in [2.75, 3.05) is 6.61 Å². The van der Waals surface area contributed by atoms with Crippen LogP contribution in [-0.4, -0.2) is 36.9 Å². The van der Waals surface area contributed by atoms with E-state index in [4.69, 9.17) is 14.2 Å². The van der Waals surface area contributed by atoms with Crippen molar-refractivity contribution >= 4 is 11.9 Å². The third-order valence-electron chi connectivity index (χ3n) is 4.72. The number of hydrogen-bond acceptors (Lipinski definition) is 5. The third kappa shape index (κ3) is 4.32. The number of hydrogen-bond donors (Lipinski definition) is 0. The molecule has 2 aliphatic rings. The first-order valence-electron chi connectivity index (χ1n) is 8.14. The molecule has 0 aromatic rings. The van der Waals surface area contributed by atoms with Gasteiger partial charge in [0.2, 0.25) is 0 Å². The van der Waals surface area contributed by atoms with Crippen LogP contribution in [0.1, 0.15) is 46.5 Å². The summed E-state index contributed by atoms with van der Waals surface area (Å²) in [6.45, 7) is 6.30. The maximum absolute atomic E-state index is 12.0. The summed E-state index contributed by atoms with van der Waals surface area (Å²) in [5.41, 5.74) is 0. The fraction of sp³-hybridized carbons (Fsp3) is 0.765. The van der Waals surface area contributed by atoms with Gasteiger partial charge in [0.15, 0.2) is 0 Å². The molecule has 124 valence electrons. The standard InChI is InChI=1S/C17H26O5/c1-11-12(2)17-14(21-13(11)3)10-20-15(18)8-6-4-5-7-9-16(19)22-17/h4-5,11-14,17H,6-10H2,1-3H3/b5-4+/t11-,12-,13+,14-,17+/m1/s1. The van der Waals surface area contributed by atoms with Crippen LogP contribution in [0.3, 0.4) is 0 Å². The van der Waals surface area contributed by atoms with E-state index in [0.29, 0.717) is 25.7 Å². The molecule has 0 aliphatic carbocycles. The van der Waals surface area contributed by atoms with Gasteiger partial charge in [-0.3, -0.25) is 9.59 Å². The lowest BCUT2D eigenvalue weighted by molar-refractivity contribution is -0.204. The van der Waals surface area contributed by atoms with Crippen LogP contribution in [-0.2, 0) is 23.8 Å². The second kappa shape index (κ2) is 7.77. The molecule has 0 N–H and O–H groups in total. The van der Waals surface area contributed by atoms with Gasteiger partial charge in [-0.25, -0.2) is 0 Å². The third-order valence-corrected chi connectivity index (χ3v) is 4.72. The molecular formula is C17H26O5. The molecule has 0 bridgehead atoms. The fourth-order valence-corrected chi connectivity index (χ4v) is 2.96. The number of esters is 2. The molecule has 2 rings (SSSR count).